The van der Waals surface area contributed by atoms with Crippen molar-refractivity contribution in [1.82, 2.24) is 29.4 Å². The minimum atomic E-state index is 0.406. The van der Waals surface area contributed by atoms with E-state index in [1.54, 1.807) is 24.1 Å². The molecule has 0 aliphatic carbocycles. The summed E-state index contributed by atoms with van der Waals surface area (Å²) in [5.74, 6) is 1.71. The second kappa shape index (κ2) is 6.04. The smallest absolute Gasteiger partial charge is 0.241 e. The van der Waals surface area contributed by atoms with Gasteiger partial charge in [-0.3, -0.25) is 4.57 Å². The van der Waals surface area contributed by atoms with E-state index in [0.717, 1.165) is 25.9 Å². The van der Waals surface area contributed by atoms with Crippen molar-refractivity contribution in [2.45, 2.75) is 18.9 Å². The van der Waals surface area contributed by atoms with E-state index >= 15 is 0 Å². The van der Waals surface area contributed by atoms with Crippen LogP contribution in [0.25, 0.3) is 5.95 Å². The first-order valence-corrected chi connectivity index (χ1v) is 7.12. The Morgan fingerprint density at radius 2 is 1.90 bits per heavy atom. The van der Waals surface area contributed by atoms with Crippen LogP contribution >= 0.6 is 0 Å². The summed E-state index contributed by atoms with van der Waals surface area (Å²) in [6, 6.07) is 0.406. The highest BCUT2D eigenvalue weighted by Crippen LogP contribution is 2.15. The maximum absolute atomic E-state index is 4.47. The summed E-state index contributed by atoms with van der Waals surface area (Å²) >= 11 is 0. The van der Waals surface area contributed by atoms with Crippen LogP contribution in [0.4, 0.5) is 11.9 Å². The molecule has 0 aromatic carbocycles. The van der Waals surface area contributed by atoms with E-state index in [2.05, 4.69) is 42.5 Å². The van der Waals surface area contributed by atoms with Crippen LogP contribution in [-0.4, -0.2) is 62.6 Å². The Kier molecular flexibility index (Phi) is 3.96. The molecule has 3 rings (SSSR count). The quantitative estimate of drug-likeness (QED) is 0.852. The van der Waals surface area contributed by atoms with Crippen LogP contribution in [0, 0.1) is 0 Å². The average molecular weight is 288 g/mol. The Bertz CT molecular complexity index is 574. The highest BCUT2D eigenvalue weighted by Gasteiger charge is 2.18. The molecule has 112 valence electrons. The lowest BCUT2D eigenvalue weighted by Gasteiger charge is -2.29. The standard InChI is InChI=1S/C13H20N8/c1-14-11-17-12(16-10-3-6-20(2)7-4-10)19-13(18-11)21-8-5-15-9-21/h5,8-10H,3-4,6-7H2,1-2H3,(H2,14,16,17,18,19). The number of aromatic nitrogens is 5. The second-order valence-corrected chi connectivity index (χ2v) is 5.22. The molecule has 8 nitrogen and oxygen atoms in total. The number of rotatable bonds is 4. The van der Waals surface area contributed by atoms with Gasteiger partial charge in [0.25, 0.3) is 0 Å². The molecule has 3 heterocycles. The molecule has 8 heteroatoms. The predicted molar refractivity (Wildman–Crippen MR) is 80.6 cm³/mol. The number of likely N-dealkylation sites (tertiary alicyclic amines) is 1. The number of hydrogen-bond donors (Lipinski definition) is 2. The van der Waals surface area contributed by atoms with Gasteiger partial charge in [-0.05, 0) is 33.0 Å². The number of imidazole rings is 1. The van der Waals surface area contributed by atoms with Crippen LogP contribution in [0.1, 0.15) is 12.8 Å². The van der Waals surface area contributed by atoms with E-state index < -0.39 is 0 Å². The normalized spacial score (nSPS) is 16.9. The molecule has 0 amide bonds. The summed E-state index contributed by atoms with van der Waals surface area (Å²) in [5.41, 5.74) is 0. The second-order valence-electron chi connectivity index (χ2n) is 5.22. The molecular formula is C13H20N8. The number of anilines is 2. The first-order valence-electron chi connectivity index (χ1n) is 7.12. The van der Waals surface area contributed by atoms with Crippen molar-refractivity contribution in [3.63, 3.8) is 0 Å². The van der Waals surface area contributed by atoms with Gasteiger partial charge in [0, 0.05) is 25.5 Å². The third kappa shape index (κ3) is 3.27. The zero-order valence-electron chi connectivity index (χ0n) is 12.3. The van der Waals surface area contributed by atoms with Gasteiger partial charge < -0.3 is 15.5 Å². The van der Waals surface area contributed by atoms with E-state index in [1.807, 2.05) is 6.20 Å². The molecule has 2 aromatic rings. The van der Waals surface area contributed by atoms with E-state index in [0.29, 0.717) is 23.9 Å². The summed E-state index contributed by atoms with van der Waals surface area (Å²) < 4.78 is 1.77. The zero-order chi connectivity index (χ0) is 14.7. The molecule has 0 unspecified atom stereocenters. The fraction of sp³-hybridized carbons (Fsp3) is 0.538. The number of piperidine rings is 1. The molecule has 1 saturated heterocycles. The SMILES string of the molecule is CNc1nc(NC2CCN(C)CC2)nc(-n2ccnc2)n1. The molecule has 0 atom stereocenters. The first-order chi connectivity index (χ1) is 10.2. The van der Waals surface area contributed by atoms with Crippen LogP contribution in [0.2, 0.25) is 0 Å². The fourth-order valence-corrected chi connectivity index (χ4v) is 2.37. The van der Waals surface area contributed by atoms with Crippen molar-refractivity contribution in [3.05, 3.63) is 18.7 Å². The minimum absolute atomic E-state index is 0.406. The summed E-state index contributed by atoms with van der Waals surface area (Å²) in [6.07, 6.45) is 7.38. The van der Waals surface area contributed by atoms with Crippen molar-refractivity contribution >= 4 is 11.9 Å². The molecule has 0 spiro atoms. The van der Waals surface area contributed by atoms with Gasteiger partial charge in [-0.15, -0.1) is 0 Å². The van der Waals surface area contributed by atoms with Gasteiger partial charge in [0.1, 0.15) is 6.33 Å². The maximum Gasteiger partial charge on any atom is 0.241 e. The minimum Gasteiger partial charge on any atom is -0.357 e. The number of nitrogens with one attached hydrogen (secondary N) is 2. The van der Waals surface area contributed by atoms with Gasteiger partial charge in [0.05, 0.1) is 0 Å². The Morgan fingerprint density at radius 3 is 2.57 bits per heavy atom. The molecule has 1 aliphatic rings. The molecule has 2 aromatic heterocycles. The van der Waals surface area contributed by atoms with Gasteiger partial charge in [-0.25, -0.2) is 4.98 Å². The van der Waals surface area contributed by atoms with E-state index in [9.17, 15) is 0 Å². The van der Waals surface area contributed by atoms with Crippen molar-refractivity contribution in [2.24, 2.45) is 0 Å². The maximum atomic E-state index is 4.47. The van der Waals surface area contributed by atoms with Gasteiger partial charge in [0.15, 0.2) is 0 Å². The molecule has 1 fully saturated rings. The summed E-state index contributed by atoms with van der Waals surface area (Å²) in [6.45, 7) is 2.19. The van der Waals surface area contributed by atoms with Crippen LogP contribution in [-0.2, 0) is 0 Å². The predicted octanol–water partition coefficient (Wildman–Crippen LogP) is 0.605. The van der Waals surface area contributed by atoms with Crippen LogP contribution in [0.15, 0.2) is 18.7 Å². The Balaban J connectivity index is 1.79. The lowest BCUT2D eigenvalue weighted by Crippen LogP contribution is -2.37. The first kappa shape index (κ1) is 13.7. The summed E-state index contributed by atoms with van der Waals surface area (Å²) in [7, 11) is 3.95. The molecule has 21 heavy (non-hydrogen) atoms. The van der Waals surface area contributed by atoms with Gasteiger partial charge in [0.2, 0.25) is 17.8 Å². The molecular weight excluding hydrogens is 268 g/mol. The molecule has 0 saturated carbocycles. The summed E-state index contributed by atoms with van der Waals surface area (Å²) in [4.78, 5) is 19.6. The third-order valence-electron chi connectivity index (χ3n) is 3.63. The van der Waals surface area contributed by atoms with Gasteiger partial charge >= 0.3 is 0 Å². The van der Waals surface area contributed by atoms with Crippen molar-refractivity contribution < 1.29 is 0 Å². The van der Waals surface area contributed by atoms with E-state index in [4.69, 9.17) is 0 Å². The van der Waals surface area contributed by atoms with Crippen molar-refractivity contribution in [2.75, 3.05) is 37.8 Å². The lowest BCUT2D eigenvalue weighted by molar-refractivity contribution is 0.263. The molecule has 0 bridgehead atoms. The zero-order valence-corrected chi connectivity index (χ0v) is 12.3. The van der Waals surface area contributed by atoms with Gasteiger partial charge in [-0.2, -0.15) is 15.0 Å². The largest absolute Gasteiger partial charge is 0.357 e. The van der Waals surface area contributed by atoms with Crippen molar-refractivity contribution in [3.8, 4) is 5.95 Å². The fourth-order valence-electron chi connectivity index (χ4n) is 2.37. The molecule has 2 N–H and O–H groups in total. The Labute approximate surface area is 123 Å². The van der Waals surface area contributed by atoms with Crippen LogP contribution < -0.4 is 10.6 Å². The molecule has 1 aliphatic heterocycles. The van der Waals surface area contributed by atoms with E-state index in [-0.39, 0.29) is 0 Å². The monoisotopic (exact) mass is 288 g/mol. The number of nitrogens with zero attached hydrogens (tertiary/aromatic N) is 6. The Hall–Kier alpha value is -2.22. The number of hydrogen-bond acceptors (Lipinski definition) is 7. The summed E-state index contributed by atoms with van der Waals surface area (Å²) in [5, 5.41) is 6.39. The lowest BCUT2D eigenvalue weighted by atomic mass is 10.1. The third-order valence-corrected chi connectivity index (χ3v) is 3.63. The van der Waals surface area contributed by atoms with Crippen molar-refractivity contribution in [1.29, 1.82) is 0 Å². The van der Waals surface area contributed by atoms with Crippen LogP contribution in [0.3, 0.4) is 0 Å². The topological polar surface area (TPSA) is 83.8 Å². The van der Waals surface area contributed by atoms with Gasteiger partial charge in [-0.1, -0.05) is 0 Å². The average Bonchev–Trinajstić information content (AvgIpc) is 3.04. The molecule has 0 radical (unpaired) electrons. The Morgan fingerprint density at radius 1 is 1.14 bits per heavy atom. The highest BCUT2D eigenvalue weighted by atomic mass is 15.3. The van der Waals surface area contributed by atoms with Crippen LogP contribution in [0.5, 0.6) is 0 Å². The van der Waals surface area contributed by atoms with E-state index in [1.165, 1.54) is 0 Å². The highest BCUT2D eigenvalue weighted by molar-refractivity contribution is 5.38.